The third kappa shape index (κ3) is 6.79. The maximum atomic E-state index is 11.5. The fourth-order valence-corrected chi connectivity index (χ4v) is 1.86. The van der Waals surface area contributed by atoms with Gasteiger partial charge < -0.3 is 14.2 Å². The molecule has 0 fully saturated rings. The predicted octanol–water partition coefficient (Wildman–Crippen LogP) is 1.84. The van der Waals surface area contributed by atoms with Gasteiger partial charge in [-0.2, -0.15) is 0 Å². The summed E-state index contributed by atoms with van der Waals surface area (Å²) in [5, 5.41) is 9.18. The van der Waals surface area contributed by atoms with Crippen LogP contribution >= 0.6 is 7.60 Å². The van der Waals surface area contributed by atoms with Crippen molar-refractivity contribution in [2.45, 2.75) is 33.3 Å². The number of hydrogen-bond acceptors (Lipinski definition) is 5. The Balaban J connectivity index is 0. The van der Waals surface area contributed by atoms with E-state index in [0.717, 1.165) is 0 Å². The summed E-state index contributed by atoms with van der Waals surface area (Å²) in [7, 11) is -0.805. The van der Waals surface area contributed by atoms with E-state index in [1.807, 2.05) is 0 Å². The summed E-state index contributed by atoms with van der Waals surface area (Å²) in [6.45, 7) is 1.77. The van der Waals surface area contributed by atoms with Crippen molar-refractivity contribution in [3.05, 3.63) is 0 Å². The molecule has 0 heterocycles. The van der Waals surface area contributed by atoms with Gasteiger partial charge in [0.15, 0.2) is 0 Å². The highest BCUT2D eigenvalue weighted by Crippen LogP contribution is 2.46. The Labute approximate surface area is 91.3 Å². The van der Waals surface area contributed by atoms with Gasteiger partial charge in [0.2, 0.25) is 0 Å². The minimum Gasteiger partial charge on any atom is -0.393 e. The lowest BCUT2D eigenvalue weighted by atomic mass is 10.1. The molecule has 5 nitrogen and oxygen atoms in total. The van der Waals surface area contributed by atoms with Crippen LogP contribution in [0, 0.1) is 0 Å². The molecule has 0 aliphatic heterocycles. The minimum absolute atomic E-state index is 0. The van der Waals surface area contributed by atoms with Crippen LogP contribution in [0.3, 0.4) is 0 Å². The van der Waals surface area contributed by atoms with E-state index in [0.29, 0.717) is 6.42 Å². The first-order chi connectivity index (χ1) is 6.47. The second kappa shape index (κ2) is 7.99. The first kappa shape index (κ1) is 17.2. The van der Waals surface area contributed by atoms with E-state index in [4.69, 9.17) is 0 Å². The quantitative estimate of drug-likeness (QED) is 0.687. The second-order valence-corrected chi connectivity index (χ2v) is 5.21. The van der Waals surface area contributed by atoms with E-state index < -0.39 is 13.7 Å². The maximum Gasteiger partial charge on any atom is 0.337 e. The van der Waals surface area contributed by atoms with Gasteiger partial charge in [-0.25, -0.2) is 0 Å². The van der Waals surface area contributed by atoms with Crippen LogP contribution in [0.5, 0.6) is 0 Å². The molecule has 0 spiro atoms. The van der Waals surface area contributed by atoms with Crippen LogP contribution in [-0.2, 0) is 18.4 Å². The van der Waals surface area contributed by atoms with E-state index in [-0.39, 0.29) is 25.8 Å². The lowest BCUT2D eigenvalue weighted by Gasteiger charge is -2.13. The average Bonchev–Trinajstić information content (AvgIpc) is 2.17. The molecule has 0 amide bonds. The summed E-state index contributed by atoms with van der Waals surface area (Å²) in [6, 6.07) is 0. The van der Waals surface area contributed by atoms with E-state index in [9.17, 15) is 14.5 Å². The van der Waals surface area contributed by atoms with Crippen molar-refractivity contribution in [2.24, 2.45) is 0 Å². The molecule has 1 N–H and O–H groups in total. The summed E-state index contributed by atoms with van der Waals surface area (Å²) in [6.07, 6.45) is -0.468. The van der Waals surface area contributed by atoms with E-state index in [1.165, 1.54) is 14.2 Å². The van der Waals surface area contributed by atoms with Crippen LogP contribution in [0.2, 0.25) is 0 Å². The molecule has 0 unspecified atom stereocenters. The summed E-state index contributed by atoms with van der Waals surface area (Å²) in [5.41, 5.74) is 0. The zero-order chi connectivity index (χ0) is 11.2. The predicted molar refractivity (Wildman–Crippen MR) is 59.1 cm³/mol. The van der Waals surface area contributed by atoms with Crippen molar-refractivity contribution < 1.29 is 23.5 Å². The average molecular weight is 240 g/mol. The third-order valence-corrected chi connectivity index (χ3v) is 3.71. The Hall–Kier alpha value is -0.220. The Kier molecular flexibility index (Phi) is 9.16. The summed E-state index contributed by atoms with van der Waals surface area (Å²) in [4.78, 5) is 11.3. The molecule has 0 aromatic rings. The number of ketones is 1. The van der Waals surface area contributed by atoms with Gasteiger partial charge in [0, 0.05) is 20.6 Å². The van der Waals surface area contributed by atoms with E-state index in [2.05, 4.69) is 9.05 Å². The highest BCUT2D eigenvalue weighted by Gasteiger charge is 2.26. The van der Waals surface area contributed by atoms with Gasteiger partial charge in [-0.1, -0.05) is 14.4 Å². The maximum absolute atomic E-state index is 11.5. The first-order valence-electron chi connectivity index (χ1n) is 4.37. The summed E-state index contributed by atoms with van der Waals surface area (Å²) < 4.78 is 20.7. The second-order valence-electron chi connectivity index (χ2n) is 2.94. The van der Waals surface area contributed by atoms with Crippen LogP contribution in [0.4, 0.5) is 0 Å². The fourth-order valence-electron chi connectivity index (χ4n) is 0.891. The SMILES string of the molecule is C.CC[C@H](O)CC(=O)CP(=O)(OC)OC. The van der Waals surface area contributed by atoms with Crippen LogP contribution in [0.15, 0.2) is 0 Å². The zero-order valence-corrected chi connectivity index (χ0v) is 9.62. The number of rotatable bonds is 7. The summed E-state index contributed by atoms with van der Waals surface area (Å²) in [5.74, 6) is -0.314. The van der Waals surface area contributed by atoms with E-state index in [1.54, 1.807) is 6.92 Å². The Morgan fingerprint density at radius 3 is 2.20 bits per heavy atom. The number of aliphatic hydroxyl groups excluding tert-OH is 1. The molecule has 0 aliphatic carbocycles. The molecule has 6 heteroatoms. The monoisotopic (exact) mass is 240 g/mol. The Morgan fingerprint density at radius 2 is 1.87 bits per heavy atom. The Bertz CT molecular complexity index is 221. The van der Waals surface area contributed by atoms with Crippen LogP contribution in [0.1, 0.15) is 27.2 Å². The molecule has 0 saturated carbocycles. The Morgan fingerprint density at radius 1 is 1.40 bits per heavy atom. The van der Waals surface area contributed by atoms with Gasteiger partial charge in [0.05, 0.1) is 6.10 Å². The van der Waals surface area contributed by atoms with Crippen LogP contribution in [-0.4, -0.2) is 37.4 Å². The topological polar surface area (TPSA) is 72.8 Å². The third-order valence-electron chi connectivity index (χ3n) is 1.86. The van der Waals surface area contributed by atoms with Crippen molar-refractivity contribution >= 4 is 13.4 Å². The van der Waals surface area contributed by atoms with Gasteiger partial charge >= 0.3 is 7.60 Å². The van der Waals surface area contributed by atoms with Gasteiger partial charge in [-0.05, 0) is 6.42 Å². The number of carbonyl (C=O) groups excluding carboxylic acids is 1. The number of aliphatic hydroxyl groups is 1. The molecule has 0 rings (SSSR count). The van der Waals surface area contributed by atoms with Crippen molar-refractivity contribution in [3.63, 3.8) is 0 Å². The molecule has 0 bridgehead atoms. The molecule has 1 atom stereocenters. The fraction of sp³-hybridized carbons (Fsp3) is 0.889. The molecule has 15 heavy (non-hydrogen) atoms. The van der Waals surface area contributed by atoms with Crippen LogP contribution < -0.4 is 0 Å². The highest BCUT2D eigenvalue weighted by molar-refractivity contribution is 7.54. The lowest BCUT2D eigenvalue weighted by molar-refractivity contribution is -0.118. The zero-order valence-electron chi connectivity index (χ0n) is 8.73. The van der Waals surface area contributed by atoms with Crippen molar-refractivity contribution in [3.8, 4) is 0 Å². The van der Waals surface area contributed by atoms with Crippen molar-refractivity contribution in [1.29, 1.82) is 0 Å². The number of Topliss-reactive ketones (excluding diaryl/α,β-unsaturated/α-hetero) is 1. The minimum atomic E-state index is -3.26. The molecular formula is C9H21O5P. The first-order valence-corrected chi connectivity index (χ1v) is 6.10. The molecule has 0 radical (unpaired) electrons. The molecule has 92 valence electrons. The summed E-state index contributed by atoms with van der Waals surface area (Å²) >= 11 is 0. The standard InChI is InChI=1S/C8H17O5P.CH4/c1-4-7(9)5-8(10)6-14(11,12-2)13-3;/h7,9H,4-6H2,1-3H3;1H4/t7-;/m0./s1. The number of hydrogen-bond donors (Lipinski definition) is 1. The smallest absolute Gasteiger partial charge is 0.337 e. The lowest BCUT2D eigenvalue weighted by Crippen LogP contribution is -2.16. The largest absolute Gasteiger partial charge is 0.393 e. The normalized spacial score (nSPS) is 13.1. The van der Waals surface area contributed by atoms with E-state index >= 15 is 0 Å². The molecule has 0 aromatic heterocycles. The molecule has 0 aromatic carbocycles. The van der Waals surface area contributed by atoms with Crippen molar-refractivity contribution in [2.75, 3.05) is 20.4 Å². The van der Waals surface area contributed by atoms with Crippen molar-refractivity contribution in [1.82, 2.24) is 0 Å². The van der Waals surface area contributed by atoms with Gasteiger partial charge in [-0.3, -0.25) is 9.36 Å². The van der Waals surface area contributed by atoms with Gasteiger partial charge in [0.25, 0.3) is 0 Å². The van der Waals surface area contributed by atoms with Gasteiger partial charge in [0.1, 0.15) is 11.9 Å². The number of carbonyl (C=O) groups is 1. The highest BCUT2D eigenvalue weighted by atomic mass is 31.2. The van der Waals surface area contributed by atoms with Crippen LogP contribution in [0.25, 0.3) is 0 Å². The molecular weight excluding hydrogens is 219 g/mol. The molecule has 0 saturated heterocycles. The van der Waals surface area contributed by atoms with Gasteiger partial charge in [-0.15, -0.1) is 0 Å². The molecule has 0 aliphatic rings.